The van der Waals surface area contributed by atoms with E-state index in [4.69, 9.17) is 0 Å². The number of fused-ring (bicyclic) bond motifs is 1. The van der Waals surface area contributed by atoms with Crippen molar-refractivity contribution >= 4 is 16.5 Å². The molecule has 0 unspecified atom stereocenters. The van der Waals surface area contributed by atoms with E-state index in [-0.39, 0.29) is 0 Å². The fourth-order valence-corrected chi connectivity index (χ4v) is 2.50. The Morgan fingerprint density at radius 3 is 2.53 bits per heavy atom. The van der Waals surface area contributed by atoms with Gasteiger partial charge in [0.05, 0.1) is 0 Å². The number of anilines is 1. The van der Waals surface area contributed by atoms with Gasteiger partial charge in [0.25, 0.3) is 0 Å². The van der Waals surface area contributed by atoms with E-state index in [9.17, 15) is 0 Å². The molecule has 1 atom stereocenters. The van der Waals surface area contributed by atoms with Gasteiger partial charge in [-0.25, -0.2) is 0 Å². The highest BCUT2D eigenvalue weighted by molar-refractivity contribution is 5.85. The Bertz CT molecular complexity index is 504. The van der Waals surface area contributed by atoms with Gasteiger partial charge < -0.3 is 5.32 Å². The zero-order chi connectivity index (χ0) is 13.5. The van der Waals surface area contributed by atoms with E-state index < -0.39 is 0 Å². The summed E-state index contributed by atoms with van der Waals surface area (Å²) in [6, 6.07) is 15.2. The fraction of sp³-hybridized carbons (Fsp3) is 0.444. The summed E-state index contributed by atoms with van der Waals surface area (Å²) in [5, 5.41) is 6.22. The Morgan fingerprint density at radius 1 is 1.00 bits per heavy atom. The van der Waals surface area contributed by atoms with Crippen LogP contribution in [0.5, 0.6) is 0 Å². The van der Waals surface area contributed by atoms with Gasteiger partial charge >= 0.3 is 0 Å². The number of hydrogen-bond acceptors (Lipinski definition) is 1. The lowest BCUT2D eigenvalue weighted by Crippen LogP contribution is -2.13. The van der Waals surface area contributed by atoms with Crippen LogP contribution in [0.4, 0.5) is 5.69 Å². The Balaban J connectivity index is 1.96. The van der Waals surface area contributed by atoms with Crippen molar-refractivity contribution in [1.82, 2.24) is 0 Å². The van der Waals surface area contributed by atoms with Gasteiger partial charge in [0.1, 0.15) is 0 Å². The maximum atomic E-state index is 3.60. The molecule has 2 rings (SSSR count). The number of rotatable bonds is 7. The van der Waals surface area contributed by atoms with Gasteiger partial charge in [-0.05, 0) is 35.2 Å². The molecule has 0 amide bonds. The molecule has 1 nitrogen and oxygen atoms in total. The second-order valence-electron chi connectivity index (χ2n) is 5.36. The summed E-state index contributed by atoms with van der Waals surface area (Å²) in [4.78, 5) is 0. The topological polar surface area (TPSA) is 12.0 Å². The van der Waals surface area contributed by atoms with Crippen LogP contribution in [-0.4, -0.2) is 6.54 Å². The molecule has 0 saturated heterocycles. The third-order valence-corrected chi connectivity index (χ3v) is 3.89. The second kappa shape index (κ2) is 7.18. The first-order valence-corrected chi connectivity index (χ1v) is 7.56. The average molecular weight is 255 g/mol. The van der Waals surface area contributed by atoms with Crippen LogP contribution in [0.15, 0.2) is 42.5 Å². The third-order valence-electron chi connectivity index (χ3n) is 3.89. The molecule has 0 aliphatic heterocycles. The third kappa shape index (κ3) is 3.99. The average Bonchev–Trinajstić information content (AvgIpc) is 2.47. The molecule has 0 aliphatic rings. The number of nitrogens with one attached hydrogen (secondary N) is 1. The molecular weight excluding hydrogens is 230 g/mol. The van der Waals surface area contributed by atoms with Crippen molar-refractivity contribution in [2.75, 3.05) is 11.9 Å². The first kappa shape index (κ1) is 13.9. The summed E-state index contributed by atoms with van der Waals surface area (Å²) >= 11 is 0. The maximum absolute atomic E-state index is 3.60. The van der Waals surface area contributed by atoms with Crippen LogP contribution in [-0.2, 0) is 0 Å². The lowest BCUT2D eigenvalue weighted by Gasteiger charge is -2.16. The smallest absolute Gasteiger partial charge is 0.0346 e. The van der Waals surface area contributed by atoms with E-state index in [1.807, 2.05) is 0 Å². The molecule has 1 N–H and O–H groups in total. The quantitative estimate of drug-likeness (QED) is 0.692. The van der Waals surface area contributed by atoms with E-state index in [2.05, 4.69) is 61.6 Å². The lowest BCUT2D eigenvalue weighted by molar-refractivity contribution is 0.473. The van der Waals surface area contributed by atoms with Gasteiger partial charge in [0.2, 0.25) is 0 Å². The fourth-order valence-electron chi connectivity index (χ4n) is 2.50. The van der Waals surface area contributed by atoms with Crippen LogP contribution < -0.4 is 5.32 Å². The SMILES string of the molecule is CCCC[C@@H](CC)CNc1ccc2ccccc2c1. The number of unbranched alkanes of at least 4 members (excludes halogenated alkanes) is 1. The molecule has 0 fully saturated rings. The lowest BCUT2D eigenvalue weighted by atomic mass is 9.99. The van der Waals surface area contributed by atoms with Gasteiger partial charge in [0.15, 0.2) is 0 Å². The molecule has 0 aliphatic carbocycles. The Morgan fingerprint density at radius 2 is 1.79 bits per heavy atom. The molecule has 0 radical (unpaired) electrons. The molecule has 19 heavy (non-hydrogen) atoms. The van der Waals surface area contributed by atoms with Crippen LogP contribution in [0, 0.1) is 5.92 Å². The molecule has 0 bridgehead atoms. The van der Waals surface area contributed by atoms with Crippen molar-refractivity contribution in [3.8, 4) is 0 Å². The Hall–Kier alpha value is -1.50. The Kier molecular flexibility index (Phi) is 5.26. The monoisotopic (exact) mass is 255 g/mol. The molecular formula is C18H25N. The van der Waals surface area contributed by atoms with Crippen LogP contribution in [0.2, 0.25) is 0 Å². The molecule has 1 heteroatoms. The van der Waals surface area contributed by atoms with E-state index in [0.717, 1.165) is 12.5 Å². The predicted molar refractivity (Wildman–Crippen MR) is 85.7 cm³/mol. The van der Waals surface area contributed by atoms with Crippen LogP contribution >= 0.6 is 0 Å². The molecule has 0 spiro atoms. The van der Waals surface area contributed by atoms with Gasteiger partial charge in [-0.15, -0.1) is 0 Å². The summed E-state index contributed by atoms with van der Waals surface area (Å²) in [5.41, 5.74) is 1.24. The van der Waals surface area contributed by atoms with E-state index in [1.165, 1.54) is 42.1 Å². The van der Waals surface area contributed by atoms with E-state index in [1.54, 1.807) is 0 Å². The van der Waals surface area contributed by atoms with E-state index in [0.29, 0.717) is 0 Å². The highest BCUT2D eigenvalue weighted by atomic mass is 14.9. The minimum absolute atomic E-state index is 0.798. The summed E-state index contributed by atoms with van der Waals surface area (Å²) in [6.45, 7) is 5.65. The first-order chi connectivity index (χ1) is 9.33. The van der Waals surface area contributed by atoms with Crippen molar-refractivity contribution in [2.45, 2.75) is 39.5 Å². The molecule has 102 valence electrons. The Labute approximate surface area is 117 Å². The largest absolute Gasteiger partial charge is 0.385 e. The van der Waals surface area contributed by atoms with E-state index >= 15 is 0 Å². The highest BCUT2D eigenvalue weighted by Crippen LogP contribution is 2.20. The summed E-state index contributed by atoms with van der Waals surface area (Å²) in [6.07, 6.45) is 5.25. The zero-order valence-electron chi connectivity index (χ0n) is 12.2. The minimum Gasteiger partial charge on any atom is -0.385 e. The summed E-state index contributed by atoms with van der Waals surface area (Å²) in [5.74, 6) is 0.798. The normalized spacial score (nSPS) is 12.5. The van der Waals surface area contributed by atoms with Gasteiger partial charge in [-0.3, -0.25) is 0 Å². The van der Waals surface area contributed by atoms with Crippen molar-refractivity contribution in [1.29, 1.82) is 0 Å². The first-order valence-electron chi connectivity index (χ1n) is 7.56. The minimum atomic E-state index is 0.798. The molecule has 0 saturated carbocycles. The molecule has 2 aromatic rings. The molecule has 0 heterocycles. The molecule has 2 aromatic carbocycles. The second-order valence-corrected chi connectivity index (χ2v) is 5.36. The van der Waals surface area contributed by atoms with Gasteiger partial charge in [-0.1, -0.05) is 63.4 Å². The van der Waals surface area contributed by atoms with Crippen molar-refractivity contribution in [3.63, 3.8) is 0 Å². The summed E-state index contributed by atoms with van der Waals surface area (Å²) in [7, 11) is 0. The van der Waals surface area contributed by atoms with Gasteiger partial charge in [-0.2, -0.15) is 0 Å². The van der Waals surface area contributed by atoms with Gasteiger partial charge in [0, 0.05) is 12.2 Å². The highest BCUT2D eigenvalue weighted by Gasteiger charge is 2.05. The maximum Gasteiger partial charge on any atom is 0.0346 e. The number of benzene rings is 2. The summed E-state index contributed by atoms with van der Waals surface area (Å²) < 4.78 is 0. The van der Waals surface area contributed by atoms with Crippen LogP contribution in [0.25, 0.3) is 10.8 Å². The molecule has 0 aromatic heterocycles. The standard InChI is InChI=1S/C18H25N/c1-3-5-8-15(4-2)14-19-18-12-11-16-9-6-7-10-17(16)13-18/h6-7,9-13,15,19H,3-5,8,14H2,1-2H3/t15-/m1/s1. The van der Waals surface area contributed by atoms with Crippen molar-refractivity contribution < 1.29 is 0 Å². The number of hydrogen-bond donors (Lipinski definition) is 1. The predicted octanol–water partition coefficient (Wildman–Crippen LogP) is 5.47. The van der Waals surface area contributed by atoms with Crippen LogP contribution in [0.1, 0.15) is 39.5 Å². The van der Waals surface area contributed by atoms with Crippen molar-refractivity contribution in [3.05, 3.63) is 42.5 Å². The van der Waals surface area contributed by atoms with Crippen molar-refractivity contribution in [2.24, 2.45) is 5.92 Å². The van der Waals surface area contributed by atoms with Crippen LogP contribution in [0.3, 0.4) is 0 Å². The zero-order valence-corrected chi connectivity index (χ0v) is 12.2.